The molecule has 4 rings (SSSR count). The number of aliphatic hydroxyl groups excluding tert-OH is 1. The zero-order valence-corrected chi connectivity index (χ0v) is 15.1. The van der Waals surface area contributed by atoms with Crippen LogP contribution < -0.4 is 4.90 Å². The van der Waals surface area contributed by atoms with Crippen LogP contribution in [0.25, 0.3) is 10.8 Å². The molecular weight excluding hydrogens is 330 g/mol. The van der Waals surface area contributed by atoms with Crippen molar-refractivity contribution in [2.45, 2.75) is 12.5 Å². The van der Waals surface area contributed by atoms with Crippen LogP contribution in [0, 0.1) is 0 Å². The topological polar surface area (TPSA) is 64.1 Å². The molecule has 0 spiro atoms. The van der Waals surface area contributed by atoms with E-state index in [0.29, 0.717) is 30.8 Å². The Morgan fingerprint density at radius 3 is 2.50 bits per heavy atom. The maximum atomic E-state index is 12.9. The van der Waals surface area contributed by atoms with E-state index in [2.05, 4.69) is 4.90 Å². The van der Waals surface area contributed by atoms with Crippen molar-refractivity contribution in [3.05, 3.63) is 41.5 Å². The van der Waals surface area contributed by atoms with Gasteiger partial charge in [0.05, 0.1) is 6.10 Å². The lowest BCUT2D eigenvalue weighted by Crippen LogP contribution is -2.43. The Morgan fingerprint density at radius 1 is 1.12 bits per heavy atom. The number of imide groups is 1. The van der Waals surface area contributed by atoms with Gasteiger partial charge in [0.25, 0.3) is 11.8 Å². The molecule has 2 aromatic rings. The zero-order valence-electron chi connectivity index (χ0n) is 15.1. The molecule has 26 heavy (non-hydrogen) atoms. The van der Waals surface area contributed by atoms with Crippen molar-refractivity contribution in [1.82, 2.24) is 9.80 Å². The van der Waals surface area contributed by atoms with E-state index in [1.54, 1.807) is 6.07 Å². The highest BCUT2D eigenvalue weighted by Crippen LogP contribution is 2.36. The first kappa shape index (κ1) is 17.0. The molecule has 0 unspecified atom stereocenters. The fraction of sp³-hybridized carbons (Fsp3) is 0.400. The van der Waals surface area contributed by atoms with Gasteiger partial charge in [0.2, 0.25) is 0 Å². The van der Waals surface area contributed by atoms with Crippen molar-refractivity contribution in [3.63, 3.8) is 0 Å². The molecule has 2 aliphatic rings. The minimum atomic E-state index is -0.328. The van der Waals surface area contributed by atoms with Crippen LogP contribution in [0.15, 0.2) is 30.3 Å². The number of nitrogens with zero attached hydrogens (tertiary/aromatic N) is 3. The molecule has 2 aliphatic heterocycles. The van der Waals surface area contributed by atoms with E-state index in [0.717, 1.165) is 29.4 Å². The van der Waals surface area contributed by atoms with Gasteiger partial charge in [-0.05, 0) is 38.7 Å². The molecule has 1 saturated heterocycles. The Bertz CT molecular complexity index is 871. The van der Waals surface area contributed by atoms with Crippen molar-refractivity contribution in [1.29, 1.82) is 0 Å². The first-order valence-corrected chi connectivity index (χ1v) is 8.97. The van der Waals surface area contributed by atoms with Crippen LogP contribution in [-0.2, 0) is 0 Å². The quantitative estimate of drug-likeness (QED) is 0.846. The molecule has 2 heterocycles. The minimum Gasteiger partial charge on any atom is -0.391 e. The van der Waals surface area contributed by atoms with Crippen molar-refractivity contribution in [2.24, 2.45) is 0 Å². The molecule has 0 radical (unpaired) electrons. The number of hydrogen-bond donors (Lipinski definition) is 1. The van der Waals surface area contributed by atoms with Gasteiger partial charge in [0.15, 0.2) is 0 Å². The highest BCUT2D eigenvalue weighted by atomic mass is 16.3. The maximum absolute atomic E-state index is 12.9. The van der Waals surface area contributed by atoms with Gasteiger partial charge in [0, 0.05) is 53.8 Å². The van der Waals surface area contributed by atoms with E-state index >= 15 is 0 Å². The highest BCUT2D eigenvalue weighted by Gasteiger charge is 2.34. The SMILES string of the molecule is CN(C)CCN1C(=O)c2cccc3c(N4CC[C@@H](O)C4)ccc(c23)C1=O. The average molecular weight is 353 g/mol. The van der Waals surface area contributed by atoms with E-state index in [-0.39, 0.29) is 17.9 Å². The molecule has 0 bridgehead atoms. The predicted molar refractivity (Wildman–Crippen MR) is 101 cm³/mol. The fourth-order valence-corrected chi connectivity index (χ4v) is 3.87. The normalized spacial score (nSPS) is 19.9. The number of β-amino-alcohol motifs (C(OH)–C–C–N with tert-alkyl or cyclic N) is 1. The van der Waals surface area contributed by atoms with Crippen molar-refractivity contribution in [3.8, 4) is 0 Å². The summed E-state index contributed by atoms with van der Waals surface area (Å²) in [4.78, 5) is 31.3. The molecule has 136 valence electrons. The average Bonchev–Trinajstić information content (AvgIpc) is 3.05. The molecule has 2 aromatic carbocycles. The Kier molecular flexibility index (Phi) is 4.17. The smallest absolute Gasteiger partial charge is 0.261 e. The summed E-state index contributed by atoms with van der Waals surface area (Å²) >= 11 is 0. The third-order valence-electron chi connectivity index (χ3n) is 5.24. The number of amides is 2. The summed E-state index contributed by atoms with van der Waals surface area (Å²) in [6.45, 7) is 2.36. The monoisotopic (exact) mass is 353 g/mol. The van der Waals surface area contributed by atoms with Gasteiger partial charge in [-0.1, -0.05) is 12.1 Å². The molecule has 0 saturated carbocycles. The second-order valence-electron chi connectivity index (χ2n) is 7.31. The number of likely N-dealkylation sites (N-methyl/N-ethyl adjacent to an activating group) is 1. The lowest BCUT2D eigenvalue weighted by atomic mass is 9.92. The van der Waals surface area contributed by atoms with E-state index in [9.17, 15) is 14.7 Å². The van der Waals surface area contributed by atoms with Gasteiger partial charge >= 0.3 is 0 Å². The number of benzene rings is 2. The number of aliphatic hydroxyl groups is 1. The molecule has 6 nitrogen and oxygen atoms in total. The van der Waals surface area contributed by atoms with Crippen molar-refractivity contribution in [2.75, 3.05) is 45.2 Å². The van der Waals surface area contributed by atoms with Gasteiger partial charge in [-0.2, -0.15) is 0 Å². The summed E-state index contributed by atoms with van der Waals surface area (Å²) in [6, 6.07) is 9.39. The molecule has 0 aromatic heterocycles. The third kappa shape index (κ3) is 2.66. The van der Waals surface area contributed by atoms with Gasteiger partial charge < -0.3 is 14.9 Å². The van der Waals surface area contributed by atoms with Gasteiger partial charge in [-0.3, -0.25) is 14.5 Å². The lowest BCUT2D eigenvalue weighted by molar-refractivity contribution is 0.0601. The number of carbonyl (C=O) groups excluding carboxylic acids is 2. The Labute approximate surface area is 152 Å². The second kappa shape index (κ2) is 6.37. The first-order valence-electron chi connectivity index (χ1n) is 8.97. The summed E-state index contributed by atoms with van der Waals surface area (Å²) in [5.74, 6) is -0.456. The summed E-state index contributed by atoms with van der Waals surface area (Å²) in [5.41, 5.74) is 2.14. The molecular formula is C20H23N3O3. The van der Waals surface area contributed by atoms with Crippen LogP contribution in [-0.4, -0.2) is 73.1 Å². The number of hydrogen-bond acceptors (Lipinski definition) is 5. The summed E-state index contributed by atoms with van der Waals surface area (Å²) in [5, 5.41) is 11.5. The third-order valence-corrected chi connectivity index (χ3v) is 5.24. The van der Waals surface area contributed by atoms with Crippen LogP contribution in [0.2, 0.25) is 0 Å². The highest BCUT2D eigenvalue weighted by molar-refractivity contribution is 6.26. The Balaban J connectivity index is 1.81. The molecule has 6 heteroatoms. The molecule has 1 fully saturated rings. The van der Waals surface area contributed by atoms with Gasteiger partial charge in [-0.15, -0.1) is 0 Å². The van der Waals surface area contributed by atoms with Crippen LogP contribution in [0.4, 0.5) is 5.69 Å². The zero-order chi connectivity index (χ0) is 18.4. The fourth-order valence-electron chi connectivity index (χ4n) is 3.87. The maximum Gasteiger partial charge on any atom is 0.261 e. The molecule has 1 atom stereocenters. The minimum absolute atomic E-state index is 0.228. The number of anilines is 1. The van der Waals surface area contributed by atoms with Crippen LogP contribution in [0.3, 0.4) is 0 Å². The second-order valence-corrected chi connectivity index (χ2v) is 7.31. The summed E-state index contributed by atoms with van der Waals surface area (Å²) in [6.07, 6.45) is 0.407. The Hall–Kier alpha value is -2.44. The predicted octanol–water partition coefficient (Wildman–Crippen LogP) is 1.57. The van der Waals surface area contributed by atoms with Gasteiger partial charge in [-0.25, -0.2) is 0 Å². The van der Waals surface area contributed by atoms with E-state index in [1.807, 2.05) is 43.3 Å². The van der Waals surface area contributed by atoms with E-state index in [1.165, 1.54) is 4.90 Å². The summed E-state index contributed by atoms with van der Waals surface area (Å²) in [7, 11) is 3.84. The number of carbonyl (C=O) groups is 2. The summed E-state index contributed by atoms with van der Waals surface area (Å²) < 4.78 is 0. The van der Waals surface area contributed by atoms with Crippen molar-refractivity contribution < 1.29 is 14.7 Å². The molecule has 2 amide bonds. The van der Waals surface area contributed by atoms with E-state index < -0.39 is 0 Å². The Morgan fingerprint density at radius 2 is 1.85 bits per heavy atom. The largest absolute Gasteiger partial charge is 0.391 e. The van der Waals surface area contributed by atoms with Crippen molar-refractivity contribution >= 4 is 28.3 Å². The molecule has 1 N–H and O–H groups in total. The van der Waals surface area contributed by atoms with Crippen LogP contribution in [0.5, 0.6) is 0 Å². The van der Waals surface area contributed by atoms with Crippen LogP contribution in [0.1, 0.15) is 27.1 Å². The van der Waals surface area contributed by atoms with Crippen LogP contribution >= 0.6 is 0 Å². The standard InChI is InChI=1S/C20H23N3O3/c1-21(2)10-11-23-19(25)15-5-3-4-14-17(22-9-8-13(24)12-22)7-6-16(18(14)15)20(23)26/h3-7,13,24H,8-12H2,1-2H3/t13-/m1/s1. The van der Waals surface area contributed by atoms with Gasteiger partial charge in [0.1, 0.15) is 0 Å². The number of rotatable bonds is 4. The lowest BCUT2D eigenvalue weighted by Gasteiger charge is -2.29. The molecule has 0 aliphatic carbocycles. The van der Waals surface area contributed by atoms with E-state index in [4.69, 9.17) is 0 Å². The first-order chi connectivity index (χ1) is 12.5.